The molecule has 4 aliphatic rings. The first kappa shape index (κ1) is 24.6. The van der Waals surface area contributed by atoms with Crippen LogP contribution in [0.5, 0.6) is 0 Å². The van der Waals surface area contributed by atoms with Crippen LogP contribution in [0.2, 0.25) is 0 Å². The van der Waals surface area contributed by atoms with Gasteiger partial charge in [-0.15, -0.1) is 0 Å². The maximum atomic E-state index is 14.9. The third-order valence-corrected chi connectivity index (χ3v) is 9.83. The average molecular weight is 497 g/mol. The lowest BCUT2D eigenvalue weighted by Crippen LogP contribution is -2.66. The fraction of sp³-hybridized carbons (Fsp3) is 0.630. The zero-order valence-electron chi connectivity index (χ0n) is 19.5. The van der Waals surface area contributed by atoms with Crippen LogP contribution in [-0.4, -0.2) is 34.9 Å². The fourth-order valence-electron chi connectivity index (χ4n) is 8.23. The molecule has 0 aliphatic heterocycles. The number of allylic oxidation sites excluding steroid dienone is 1. The van der Waals surface area contributed by atoms with E-state index in [-0.39, 0.29) is 42.3 Å². The molecule has 0 bridgehead atoms. The van der Waals surface area contributed by atoms with Gasteiger partial charge < -0.3 is 5.11 Å². The molecule has 5 rings (SSSR count). The molecular formula is C27H29F5O3. The third kappa shape index (κ3) is 3.38. The molecule has 0 heterocycles. The van der Waals surface area contributed by atoms with Gasteiger partial charge in [0.25, 0.3) is 0 Å². The molecule has 1 N–H and O–H groups in total. The molecule has 4 unspecified atom stereocenters. The molecular weight excluding hydrogens is 467 g/mol. The Morgan fingerprint density at radius 2 is 1.69 bits per heavy atom. The quantitative estimate of drug-likeness (QED) is 0.397. The van der Waals surface area contributed by atoms with Crippen molar-refractivity contribution in [3.8, 4) is 0 Å². The van der Waals surface area contributed by atoms with Gasteiger partial charge in [-0.05, 0) is 79.8 Å². The molecule has 3 fully saturated rings. The van der Waals surface area contributed by atoms with Crippen molar-refractivity contribution in [3.05, 3.63) is 47.0 Å². The third-order valence-electron chi connectivity index (χ3n) is 9.83. The number of aliphatic hydroxyl groups is 1. The minimum atomic E-state index is -5.86. The van der Waals surface area contributed by atoms with Crippen LogP contribution in [0, 0.1) is 29.1 Å². The number of carbonyl (C=O) groups is 2. The number of fused-ring (bicyclic) bond motifs is 5. The van der Waals surface area contributed by atoms with E-state index in [4.69, 9.17) is 0 Å². The van der Waals surface area contributed by atoms with Gasteiger partial charge in [-0.2, -0.15) is 22.0 Å². The summed E-state index contributed by atoms with van der Waals surface area (Å²) in [6.45, 7) is 1.42. The Balaban J connectivity index is 1.63. The zero-order chi connectivity index (χ0) is 25.4. The lowest BCUT2D eigenvalue weighted by molar-refractivity contribution is -0.364. The van der Waals surface area contributed by atoms with Crippen LogP contribution in [0.25, 0.3) is 0 Å². The smallest absolute Gasteiger partial charge is 0.383 e. The fourth-order valence-corrected chi connectivity index (χ4v) is 8.23. The number of benzene rings is 1. The van der Waals surface area contributed by atoms with Crippen LogP contribution in [0.4, 0.5) is 22.0 Å². The molecule has 1 aromatic carbocycles. The van der Waals surface area contributed by atoms with Crippen LogP contribution >= 0.6 is 0 Å². The summed E-state index contributed by atoms with van der Waals surface area (Å²) in [4.78, 5) is 23.3. The summed E-state index contributed by atoms with van der Waals surface area (Å²) >= 11 is 0. The van der Waals surface area contributed by atoms with E-state index < -0.39 is 35.5 Å². The Morgan fingerprint density at radius 3 is 2.31 bits per heavy atom. The maximum absolute atomic E-state index is 14.9. The summed E-state index contributed by atoms with van der Waals surface area (Å²) in [6, 6.07) is 6.75. The molecule has 3 saturated carbocycles. The minimum absolute atomic E-state index is 0.0147. The molecule has 35 heavy (non-hydrogen) atoms. The van der Waals surface area contributed by atoms with Gasteiger partial charge >= 0.3 is 12.1 Å². The average Bonchev–Trinajstić information content (AvgIpc) is 3.09. The van der Waals surface area contributed by atoms with Crippen LogP contribution in [-0.2, 0) is 4.79 Å². The SMILES string of the molecule is C[C@]12C[C@H](c3ccc(C=O)cc3)C3C4CCC(=O)C=C4CCC3C1CC[C@@]2(O)C(F)(F)C(F)(F)F. The van der Waals surface area contributed by atoms with E-state index in [0.29, 0.717) is 37.5 Å². The van der Waals surface area contributed by atoms with Gasteiger partial charge in [0.2, 0.25) is 0 Å². The van der Waals surface area contributed by atoms with Crippen molar-refractivity contribution >= 4 is 12.1 Å². The Kier molecular flexibility index (Phi) is 5.59. The van der Waals surface area contributed by atoms with Crippen molar-refractivity contribution in [2.24, 2.45) is 29.1 Å². The molecule has 0 radical (unpaired) electrons. The number of rotatable bonds is 3. The van der Waals surface area contributed by atoms with E-state index in [1.54, 1.807) is 30.3 Å². The van der Waals surface area contributed by atoms with Crippen LogP contribution in [0.3, 0.4) is 0 Å². The van der Waals surface area contributed by atoms with Gasteiger partial charge in [0.1, 0.15) is 11.9 Å². The van der Waals surface area contributed by atoms with Crippen LogP contribution < -0.4 is 0 Å². The van der Waals surface area contributed by atoms with Crippen molar-refractivity contribution in [2.45, 2.75) is 75.5 Å². The van der Waals surface area contributed by atoms with E-state index in [1.165, 1.54) is 6.92 Å². The molecule has 0 amide bonds. The highest BCUT2D eigenvalue weighted by Crippen LogP contribution is 2.71. The normalized spacial score (nSPS) is 39.3. The Labute approximate surface area is 200 Å². The van der Waals surface area contributed by atoms with Crippen molar-refractivity contribution in [2.75, 3.05) is 0 Å². The number of hydrogen-bond donors (Lipinski definition) is 1. The van der Waals surface area contributed by atoms with Gasteiger partial charge in [0.05, 0.1) is 0 Å². The highest BCUT2D eigenvalue weighted by atomic mass is 19.4. The lowest BCUT2D eigenvalue weighted by atomic mass is 9.46. The monoisotopic (exact) mass is 496 g/mol. The number of halogens is 5. The molecule has 4 aliphatic carbocycles. The predicted octanol–water partition coefficient (Wildman–Crippen LogP) is 6.26. The maximum Gasteiger partial charge on any atom is 0.456 e. The van der Waals surface area contributed by atoms with E-state index in [1.807, 2.05) is 0 Å². The summed E-state index contributed by atoms with van der Waals surface area (Å²) in [5.41, 5.74) is -2.58. The minimum Gasteiger partial charge on any atom is -0.383 e. The van der Waals surface area contributed by atoms with E-state index >= 15 is 0 Å². The molecule has 3 nitrogen and oxygen atoms in total. The van der Waals surface area contributed by atoms with E-state index in [0.717, 1.165) is 11.1 Å². The van der Waals surface area contributed by atoms with Gasteiger partial charge in [0.15, 0.2) is 5.78 Å². The molecule has 0 saturated heterocycles. The second-order valence-electron chi connectivity index (χ2n) is 11.2. The van der Waals surface area contributed by atoms with Gasteiger partial charge in [-0.1, -0.05) is 36.8 Å². The summed E-state index contributed by atoms with van der Waals surface area (Å²) in [7, 11) is 0. The van der Waals surface area contributed by atoms with Crippen molar-refractivity contribution in [1.82, 2.24) is 0 Å². The molecule has 7 atom stereocenters. The first-order valence-electron chi connectivity index (χ1n) is 12.3. The second-order valence-corrected chi connectivity index (χ2v) is 11.2. The first-order chi connectivity index (χ1) is 16.3. The summed E-state index contributed by atoms with van der Waals surface area (Å²) in [5.74, 6) is -6.12. The van der Waals surface area contributed by atoms with Gasteiger partial charge in [0, 0.05) is 17.4 Å². The Morgan fingerprint density at radius 1 is 1.00 bits per heavy atom. The standard InChI is InChI=1S/C27H29F5O3/c1-24-13-21(16-4-2-15(14-33)3-5-16)23-19-9-7-18(34)12-17(19)6-8-20(23)22(24)10-11-25(24,35)26(28,29)27(30,31)32/h2-5,12,14,19-23,35H,6-11,13H2,1H3/t19?,20?,21-,22?,23?,24+,25+/m1/s1. The molecule has 0 aromatic heterocycles. The van der Waals surface area contributed by atoms with Crippen molar-refractivity contribution in [3.63, 3.8) is 0 Å². The highest BCUT2D eigenvalue weighted by Gasteiger charge is 2.79. The molecule has 1 aromatic rings. The molecule has 8 heteroatoms. The van der Waals surface area contributed by atoms with Gasteiger partial charge in [-0.3, -0.25) is 9.59 Å². The van der Waals surface area contributed by atoms with Gasteiger partial charge in [-0.25, -0.2) is 0 Å². The molecule has 190 valence electrons. The van der Waals surface area contributed by atoms with E-state index in [9.17, 15) is 36.6 Å². The topological polar surface area (TPSA) is 54.4 Å². The Bertz CT molecular complexity index is 1060. The Hall–Kier alpha value is -2.09. The summed E-state index contributed by atoms with van der Waals surface area (Å²) in [5, 5.41) is 11.2. The summed E-state index contributed by atoms with van der Waals surface area (Å²) in [6.07, 6.45) is -1.72. The van der Waals surface area contributed by atoms with Crippen molar-refractivity contribution in [1.29, 1.82) is 0 Å². The second kappa shape index (κ2) is 7.95. The number of ketones is 1. The van der Waals surface area contributed by atoms with Crippen LogP contribution in [0.1, 0.15) is 73.7 Å². The van der Waals surface area contributed by atoms with Crippen molar-refractivity contribution < 1.29 is 36.6 Å². The molecule has 0 spiro atoms. The predicted molar refractivity (Wildman–Crippen MR) is 118 cm³/mol. The largest absolute Gasteiger partial charge is 0.456 e. The first-order valence-corrected chi connectivity index (χ1v) is 12.3. The van der Waals surface area contributed by atoms with Crippen LogP contribution in [0.15, 0.2) is 35.9 Å². The number of aldehydes is 1. The number of alkyl halides is 5. The zero-order valence-corrected chi connectivity index (χ0v) is 19.5. The van der Waals surface area contributed by atoms with E-state index in [2.05, 4.69) is 0 Å². The lowest BCUT2D eigenvalue weighted by Gasteiger charge is -2.59. The number of carbonyl (C=O) groups excluding carboxylic acids is 2. The highest BCUT2D eigenvalue weighted by molar-refractivity contribution is 5.91. The number of hydrogen-bond acceptors (Lipinski definition) is 3. The summed E-state index contributed by atoms with van der Waals surface area (Å²) < 4.78 is 70.6.